The van der Waals surface area contributed by atoms with Crippen molar-refractivity contribution in [1.82, 2.24) is 65.1 Å². The predicted octanol–water partition coefficient (Wildman–Crippen LogP) is 12.7. The number of aromatic nitrogens is 7. The Bertz CT molecular complexity index is 5600. The summed E-state index contributed by atoms with van der Waals surface area (Å²) in [5.41, 5.74) is 20.0. The van der Waals surface area contributed by atoms with Gasteiger partial charge in [-0.1, -0.05) is 144 Å². The Morgan fingerprint density at radius 2 is 0.882 bits per heavy atom. The number of rotatable bonds is 12. The van der Waals surface area contributed by atoms with E-state index in [9.17, 15) is 52.7 Å². The first-order valence-corrected chi connectivity index (χ1v) is 43.4. The smallest absolute Gasteiger partial charge is 0.410 e. The van der Waals surface area contributed by atoms with Gasteiger partial charge in [0, 0.05) is 114 Å². The molecule has 0 radical (unpaired) electrons. The monoisotopic (exact) mass is 1750 g/mol. The van der Waals surface area contributed by atoms with E-state index in [0.717, 1.165) is 127 Å². The number of amides is 4. The molecule has 127 heavy (non-hydrogen) atoms. The third-order valence-corrected chi connectivity index (χ3v) is 24.5. The summed E-state index contributed by atoms with van der Waals surface area (Å²) < 4.78 is 18.0. The number of carbonyl (C=O) groups excluding carboxylic acids is 6. The molecule has 10 atom stereocenters. The molecule has 18 rings (SSSR count). The van der Waals surface area contributed by atoms with Crippen molar-refractivity contribution in [2.75, 3.05) is 26.2 Å². The summed E-state index contributed by atoms with van der Waals surface area (Å²) >= 11 is 4.97. The van der Waals surface area contributed by atoms with Gasteiger partial charge < -0.3 is 66.4 Å². The number of hydrogen-bond acceptors (Lipinski definition) is 19. The molecule has 10 unspecified atom stereocenters. The highest BCUT2D eigenvalue weighted by Gasteiger charge is 2.52. The zero-order valence-electron chi connectivity index (χ0n) is 72.2. The van der Waals surface area contributed by atoms with Crippen LogP contribution in [0.3, 0.4) is 0 Å². The summed E-state index contributed by atoms with van der Waals surface area (Å²) in [5.74, 6) is -1.16. The Hall–Kier alpha value is -12.9. The molecule has 668 valence electrons. The highest BCUT2D eigenvalue weighted by molar-refractivity contribution is 6.61. The van der Waals surface area contributed by atoms with Crippen LogP contribution >= 0.6 is 11.6 Å². The summed E-state index contributed by atoms with van der Waals surface area (Å²) in [4.78, 5) is 149. The number of imidazole rings is 2. The molecule has 30 nitrogen and oxygen atoms in total. The summed E-state index contributed by atoms with van der Waals surface area (Å²) in [6.07, 6.45) is 32.1. The number of carboxylic acid groups (broad SMARTS) is 2. The summed E-state index contributed by atoms with van der Waals surface area (Å²) in [6, 6.07) is 36.6. The molecule has 6 bridgehead atoms. The first-order valence-electron chi connectivity index (χ1n) is 43.0. The quantitative estimate of drug-likeness (QED) is 0.0308. The van der Waals surface area contributed by atoms with E-state index in [1.54, 1.807) is 41.8 Å². The van der Waals surface area contributed by atoms with Crippen LogP contribution in [0.2, 0.25) is 0 Å². The molecule has 0 saturated carbocycles. The normalized spacial score (nSPS) is 24.3. The Morgan fingerprint density at radius 3 is 1.28 bits per heavy atom. The minimum Gasteiger partial charge on any atom is -0.480 e. The lowest BCUT2D eigenvalue weighted by Crippen LogP contribution is -2.57. The number of carboxylic acids is 2. The van der Waals surface area contributed by atoms with Crippen molar-refractivity contribution in [3.63, 3.8) is 0 Å². The van der Waals surface area contributed by atoms with Crippen LogP contribution in [0.1, 0.15) is 163 Å². The van der Waals surface area contributed by atoms with E-state index in [2.05, 4.69) is 115 Å². The van der Waals surface area contributed by atoms with E-state index < -0.39 is 58.3 Å². The summed E-state index contributed by atoms with van der Waals surface area (Å²) in [7, 11) is 0. The van der Waals surface area contributed by atoms with Gasteiger partial charge in [-0.05, 0) is 202 Å². The second kappa shape index (κ2) is 42.9. The SMILES string of the molecule is C/C=C1\C2C=C(C)CC1(N)c1ccc(=O)[nH]c1C2.C/C=C1\C2C=C(C)CC1(NC(=O)C1CCCN1)c1ccc(=O)[nH]c1C2.C/C=C1\C2C=C(C)CC1(NC(=O)C1CCCN1C(=O)OCc1ccccc1)c1ccc(=O)[nH]c1C2.O=C(Cl)OCc1ccccc1.O=C(O)C1CCCN1.O=C(O)C1CCCN1C(=O)OCc1ccccc1.O=C(n1ccnc1)n1ccnc1. The van der Waals surface area contributed by atoms with Gasteiger partial charge in [-0.15, -0.1) is 0 Å². The van der Waals surface area contributed by atoms with Crippen molar-refractivity contribution < 1.29 is 62.8 Å². The maximum Gasteiger partial charge on any atom is 0.410 e. The third-order valence-electron chi connectivity index (χ3n) is 24.4. The molecule has 0 spiro atoms. The van der Waals surface area contributed by atoms with Crippen LogP contribution in [0.25, 0.3) is 0 Å². The first kappa shape index (κ1) is 93.3. The van der Waals surface area contributed by atoms with Crippen LogP contribution < -0.4 is 43.7 Å². The van der Waals surface area contributed by atoms with Crippen LogP contribution in [-0.2, 0) is 89.1 Å². The fraction of sp³-hybridized carbons (Fsp3) is 0.385. The van der Waals surface area contributed by atoms with E-state index in [0.29, 0.717) is 51.1 Å². The van der Waals surface area contributed by atoms with E-state index in [1.807, 2.05) is 123 Å². The van der Waals surface area contributed by atoms with E-state index in [1.165, 1.54) is 60.6 Å². The number of allylic oxidation sites excluding steroid dienone is 6. The van der Waals surface area contributed by atoms with Gasteiger partial charge in [0.15, 0.2) is 0 Å². The number of aromatic amines is 3. The van der Waals surface area contributed by atoms with Gasteiger partial charge >= 0.3 is 35.6 Å². The summed E-state index contributed by atoms with van der Waals surface area (Å²) in [6.45, 7) is 15.7. The predicted molar refractivity (Wildman–Crippen MR) is 478 cm³/mol. The molecule has 4 fully saturated rings. The number of nitrogens with two attached hydrogens (primary N) is 1. The second-order valence-electron chi connectivity index (χ2n) is 33.1. The van der Waals surface area contributed by atoms with Crippen LogP contribution in [0.5, 0.6) is 0 Å². The number of hydrogen-bond donors (Lipinski definition) is 10. The molecule has 11 N–H and O–H groups in total. The molecule has 4 amide bonds. The number of aliphatic carboxylic acids is 2. The van der Waals surface area contributed by atoms with Gasteiger partial charge in [0.1, 0.15) is 50.6 Å². The largest absolute Gasteiger partial charge is 0.480 e. The van der Waals surface area contributed by atoms with E-state index in [-0.39, 0.29) is 78.3 Å². The van der Waals surface area contributed by atoms with Crippen LogP contribution in [0.4, 0.5) is 19.2 Å². The number of pyridine rings is 3. The molecular weight excluding hydrogens is 1640 g/mol. The van der Waals surface area contributed by atoms with Gasteiger partial charge in [-0.2, -0.15) is 0 Å². The third kappa shape index (κ3) is 22.7. The number of nitrogens with one attached hydrogen (secondary N) is 7. The van der Waals surface area contributed by atoms with Crippen molar-refractivity contribution in [1.29, 1.82) is 0 Å². The fourth-order valence-electron chi connectivity index (χ4n) is 19.0. The lowest BCUT2D eigenvalue weighted by Gasteiger charge is -2.48. The molecule has 10 aliphatic rings. The number of fused-ring (bicyclic) bond motifs is 12. The second-order valence-corrected chi connectivity index (χ2v) is 33.4. The average Bonchev–Trinajstić information content (AvgIpc) is 1.05. The standard InChI is InChI=1S/C28H31N3O4.C20H25N3O2.C15H18N2O.C13H15NO4.C8H7ClO2.C7H6N4O.C5H9NO2/c1-3-21-20-14-18(2)16-28(21,22-11-12-25(32)29-23(22)15-20)30-26(33)24-10-7-13-31(24)27(34)35-17-19-8-5-4-6-9-19;1-3-14-13-9-12(2)11-20(14,23-19(25)16-5-4-8-21-16)15-6-7-18(24)22-17(15)10-13;1-3-11-10-6-9(2)8-15(11,16)12-4-5-14(18)17-13(12)7-10;15-12(16)11-7-4-8-14(11)13(17)18-9-10-5-2-1-3-6-10;9-8(10)11-6-7-4-2-1-3-5-7;12-7(10-3-1-8-5-10)11-4-2-9-6-11;7-5(8)4-2-1-3-6-4/h3-6,8-9,11-12,14,20,24H,7,10,13,15-17H2,1-2H3,(H,29,32)(H,30,33);3,6-7,9,13,16,21H,4-5,8,10-11H2,1-2H3,(H,22,24)(H,23,25);3-6,10H,7-8,16H2,1-2H3,(H,17,18);1-3,5-6,11H,4,7-9H2,(H,15,16);1-5H,6H2;1-6H;4,6H,1-3H2,(H,7,8)/b21-3+;14-3+;11-3+;;;;. The lowest BCUT2D eigenvalue weighted by atomic mass is 9.63. The molecular formula is C96H111ClN14O16. The minimum atomic E-state index is -0.968. The van der Waals surface area contributed by atoms with E-state index in [4.69, 9.17) is 37.0 Å². The maximum atomic E-state index is 13.8. The maximum absolute atomic E-state index is 13.8. The highest BCUT2D eigenvalue weighted by Crippen LogP contribution is 2.52. The van der Waals surface area contributed by atoms with Gasteiger partial charge in [0.2, 0.25) is 28.5 Å². The zero-order valence-corrected chi connectivity index (χ0v) is 72.9. The molecule has 5 aromatic heterocycles. The molecule has 4 saturated heterocycles. The van der Waals surface area contributed by atoms with Crippen molar-refractivity contribution in [2.24, 2.45) is 23.5 Å². The molecule has 9 heterocycles. The Morgan fingerprint density at radius 1 is 0.488 bits per heavy atom. The first-order chi connectivity index (χ1) is 61.1. The van der Waals surface area contributed by atoms with Gasteiger partial charge in [-0.3, -0.25) is 47.7 Å². The number of nitrogens with zero attached hydrogens (tertiary/aromatic N) is 6. The van der Waals surface area contributed by atoms with Crippen molar-refractivity contribution in [3.8, 4) is 0 Å². The minimum absolute atomic E-state index is 0.0416. The molecule has 4 aliphatic heterocycles. The number of ether oxygens (including phenoxy) is 3. The average molecular weight is 1750 g/mol. The number of H-pyrrole nitrogens is 3. The molecule has 8 aromatic rings. The highest BCUT2D eigenvalue weighted by atomic mass is 35.5. The lowest BCUT2D eigenvalue weighted by molar-refractivity contribution is -0.142. The number of halogens is 1. The van der Waals surface area contributed by atoms with Crippen LogP contribution in [0.15, 0.2) is 249 Å². The van der Waals surface area contributed by atoms with Crippen molar-refractivity contribution >= 4 is 59.0 Å². The fourth-order valence-corrected chi connectivity index (χ4v) is 19.1. The topological polar surface area (TPSA) is 420 Å². The molecule has 3 aromatic carbocycles. The van der Waals surface area contributed by atoms with Gasteiger partial charge in [0.05, 0.1) is 22.7 Å². The number of likely N-dealkylation sites (tertiary alicyclic amines) is 2. The number of benzene rings is 3. The van der Waals surface area contributed by atoms with Gasteiger partial charge in [-0.25, -0.2) is 33.9 Å². The molecule has 31 heteroatoms. The summed E-state index contributed by atoms with van der Waals surface area (Å²) in [5, 5.41) is 30.2. The molecule has 6 aliphatic carbocycles. The Balaban J connectivity index is 0.000000141. The van der Waals surface area contributed by atoms with Crippen LogP contribution in [0, 0.1) is 17.8 Å². The number of carbonyl (C=O) groups is 8. The Kier molecular flexibility index (Phi) is 31.5. The van der Waals surface area contributed by atoms with Crippen molar-refractivity contribution in [3.05, 3.63) is 316 Å². The van der Waals surface area contributed by atoms with Crippen LogP contribution in [-0.4, -0.2) is 152 Å². The van der Waals surface area contributed by atoms with Crippen molar-refractivity contribution in [2.45, 2.75) is 192 Å². The van der Waals surface area contributed by atoms with E-state index >= 15 is 0 Å². The zero-order chi connectivity index (χ0) is 90.5. The Labute approximate surface area is 740 Å². The van der Waals surface area contributed by atoms with Gasteiger partial charge in [0.25, 0.3) is 0 Å².